The van der Waals surface area contributed by atoms with Crippen molar-refractivity contribution in [1.82, 2.24) is 0 Å². The first kappa shape index (κ1) is 7.11. The van der Waals surface area contributed by atoms with E-state index in [4.69, 9.17) is 5.26 Å². The molecule has 1 N–H and O–H groups in total. The van der Waals surface area contributed by atoms with Crippen molar-refractivity contribution in [2.45, 2.75) is 6.42 Å². The highest BCUT2D eigenvalue weighted by atomic mass is 19.1. The van der Waals surface area contributed by atoms with Crippen LogP contribution in [0.2, 0.25) is 0 Å². The van der Waals surface area contributed by atoms with Crippen molar-refractivity contribution < 1.29 is 4.39 Å². The van der Waals surface area contributed by atoms with Crippen LogP contribution in [0.25, 0.3) is 0 Å². The minimum Gasteiger partial charge on any atom is -0.384 e. The molecule has 2 nitrogen and oxygen atoms in total. The molecule has 0 fully saturated rings. The zero-order valence-corrected chi connectivity index (χ0v) is 6.39. The van der Waals surface area contributed by atoms with Crippen LogP contribution in [-0.4, -0.2) is 6.54 Å². The monoisotopic (exact) mass is 162 g/mol. The van der Waals surface area contributed by atoms with Gasteiger partial charge in [-0.05, 0) is 18.6 Å². The van der Waals surface area contributed by atoms with Crippen molar-refractivity contribution in [2.75, 3.05) is 11.9 Å². The van der Waals surface area contributed by atoms with Crippen LogP contribution in [0.3, 0.4) is 0 Å². The third-order valence-electron chi connectivity index (χ3n) is 2.02. The van der Waals surface area contributed by atoms with E-state index in [9.17, 15) is 4.39 Å². The molecule has 0 aromatic heterocycles. The van der Waals surface area contributed by atoms with Gasteiger partial charge in [0.05, 0.1) is 11.6 Å². The highest BCUT2D eigenvalue weighted by Crippen LogP contribution is 2.25. The summed E-state index contributed by atoms with van der Waals surface area (Å²) in [6.07, 6.45) is 0.715. The van der Waals surface area contributed by atoms with E-state index in [2.05, 4.69) is 5.32 Å². The van der Waals surface area contributed by atoms with Crippen molar-refractivity contribution >= 4 is 5.69 Å². The van der Waals surface area contributed by atoms with Gasteiger partial charge in [-0.25, -0.2) is 4.39 Å². The summed E-state index contributed by atoms with van der Waals surface area (Å²) >= 11 is 0. The van der Waals surface area contributed by atoms with Crippen molar-refractivity contribution in [2.24, 2.45) is 0 Å². The first-order valence-electron chi connectivity index (χ1n) is 3.77. The van der Waals surface area contributed by atoms with Gasteiger partial charge >= 0.3 is 0 Å². The van der Waals surface area contributed by atoms with E-state index in [-0.39, 0.29) is 5.82 Å². The van der Waals surface area contributed by atoms with Crippen LogP contribution in [0.4, 0.5) is 10.1 Å². The van der Waals surface area contributed by atoms with Crippen molar-refractivity contribution in [3.63, 3.8) is 0 Å². The van der Waals surface area contributed by atoms with Crippen LogP contribution in [0.15, 0.2) is 12.1 Å². The number of anilines is 1. The maximum atomic E-state index is 13.1. The molecule has 1 aliphatic heterocycles. The number of nitriles is 1. The summed E-state index contributed by atoms with van der Waals surface area (Å²) in [6.45, 7) is 0.765. The SMILES string of the molecule is N#Cc1cc(F)c2c(c1)NCC2. The van der Waals surface area contributed by atoms with Gasteiger partial charge in [0.2, 0.25) is 0 Å². The maximum Gasteiger partial charge on any atom is 0.129 e. The zero-order chi connectivity index (χ0) is 8.55. The van der Waals surface area contributed by atoms with Crippen LogP contribution < -0.4 is 5.32 Å². The molecule has 0 saturated carbocycles. The molecule has 1 heterocycles. The largest absolute Gasteiger partial charge is 0.384 e. The van der Waals surface area contributed by atoms with Crippen LogP contribution in [0, 0.1) is 17.1 Å². The fraction of sp³-hybridized carbons (Fsp3) is 0.222. The molecule has 0 aliphatic carbocycles. The Hall–Kier alpha value is -1.56. The molecule has 1 aromatic rings. The predicted octanol–water partition coefficient (Wildman–Crippen LogP) is 1.67. The average molecular weight is 162 g/mol. The number of nitrogens with one attached hydrogen (secondary N) is 1. The number of halogens is 1. The molecule has 0 bridgehead atoms. The Labute approximate surface area is 69.6 Å². The third-order valence-corrected chi connectivity index (χ3v) is 2.02. The molecule has 2 rings (SSSR count). The van der Waals surface area contributed by atoms with E-state index in [0.717, 1.165) is 12.2 Å². The van der Waals surface area contributed by atoms with E-state index < -0.39 is 0 Å². The van der Waals surface area contributed by atoms with Crippen LogP contribution in [0.5, 0.6) is 0 Å². The van der Waals surface area contributed by atoms with Crippen LogP contribution in [-0.2, 0) is 6.42 Å². The van der Waals surface area contributed by atoms with Gasteiger partial charge in [0.15, 0.2) is 0 Å². The second-order valence-electron chi connectivity index (χ2n) is 2.77. The standard InChI is InChI=1S/C9H7FN2/c10-8-3-6(5-11)4-9-7(8)1-2-12-9/h3-4,12H,1-2H2. The van der Waals surface area contributed by atoms with E-state index in [1.165, 1.54) is 6.07 Å². The van der Waals surface area contributed by atoms with E-state index in [0.29, 0.717) is 17.5 Å². The lowest BCUT2D eigenvalue weighted by atomic mass is 10.1. The highest BCUT2D eigenvalue weighted by molar-refractivity contribution is 5.59. The van der Waals surface area contributed by atoms with Gasteiger partial charge in [0, 0.05) is 17.8 Å². The molecule has 0 unspecified atom stereocenters. The third kappa shape index (κ3) is 0.928. The number of hydrogen-bond acceptors (Lipinski definition) is 2. The molecule has 1 aliphatic rings. The summed E-state index contributed by atoms with van der Waals surface area (Å²) in [5.41, 5.74) is 1.85. The maximum absolute atomic E-state index is 13.1. The van der Waals surface area contributed by atoms with E-state index >= 15 is 0 Å². The molecule has 1 aromatic carbocycles. The molecule has 3 heteroatoms. The summed E-state index contributed by atoms with van der Waals surface area (Å²) in [5.74, 6) is -0.269. The Morgan fingerprint density at radius 2 is 2.33 bits per heavy atom. The van der Waals surface area contributed by atoms with Gasteiger partial charge in [0.1, 0.15) is 5.82 Å². The van der Waals surface area contributed by atoms with E-state index in [1.54, 1.807) is 6.07 Å². The van der Waals surface area contributed by atoms with Crippen molar-refractivity contribution in [3.05, 3.63) is 29.1 Å². The number of benzene rings is 1. The van der Waals surface area contributed by atoms with E-state index in [1.807, 2.05) is 6.07 Å². The van der Waals surface area contributed by atoms with Crippen molar-refractivity contribution in [3.8, 4) is 6.07 Å². The first-order chi connectivity index (χ1) is 5.81. The van der Waals surface area contributed by atoms with Gasteiger partial charge in [0.25, 0.3) is 0 Å². The average Bonchev–Trinajstić information content (AvgIpc) is 2.52. The highest BCUT2D eigenvalue weighted by Gasteiger charge is 2.15. The fourth-order valence-corrected chi connectivity index (χ4v) is 1.44. The van der Waals surface area contributed by atoms with Gasteiger partial charge in [-0.3, -0.25) is 0 Å². The second kappa shape index (κ2) is 2.49. The molecule has 0 spiro atoms. The van der Waals surface area contributed by atoms with Gasteiger partial charge in [-0.2, -0.15) is 5.26 Å². The molecular weight excluding hydrogens is 155 g/mol. The quantitative estimate of drug-likeness (QED) is 0.629. The summed E-state index contributed by atoms with van der Waals surface area (Å²) in [7, 11) is 0. The molecule has 12 heavy (non-hydrogen) atoms. The summed E-state index contributed by atoms with van der Waals surface area (Å²) in [4.78, 5) is 0. The molecule has 0 radical (unpaired) electrons. The zero-order valence-electron chi connectivity index (χ0n) is 6.39. The van der Waals surface area contributed by atoms with Crippen molar-refractivity contribution in [1.29, 1.82) is 5.26 Å². The summed E-state index contributed by atoms with van der Waals surface area (Å²) < 4.78 is 13.1. The number of rotatable bonds is 0. The molecule has 0 atom stereocenters. The molecule has 0 amide bonds. The molecular formula is C9H7FN2. The minimum absolute atomic E-state index is 0.269. The lowest BCUT2D eigenvalue weighted by Crippen LogP contribution is -1.91. The number of hydrogen-bond donors (Lipinski definition) is 1. The van der Waals surface area contributed by atoms with Gasteiger partial charge < -0.3 is 5.32 Å². The molecule has 60 valence electrons. The topological polar surface area (TPSA) is 35.8 Å². The second-order valence-corrected chi connectivity index (χ2v) is 2.77. The number of fused-ring (bicyclic) bond motifs is 1. The Morgan fingerprint density at radius 3 is 3.08 bits per heavy atom. The normalized spacial score (nSPS) is 13.3. The van der Waals surface area contributed by atoms with Gasteiger partial charge in [-0.15, -0.1) is 0 Å². The minimum atomic E-state index is -0.269. The molecule has 0 saturated heterocycles. The van der Waals surface area contributed by atoms with Crippen LogP contribution >= 0.6 is 0 Å². The van der Waals surface area contributed by atoms with Crippen LogP contribution in [0.1, 0.15) is 11.1 Å². The smallest absolute Gasteiger partial charge is 0.129 e. The fourth-order valence-electron chi connectivity index (χ4n) is 1.44. The number of nitrogens with zero attached hydrogens (tertiary/aromatic N) is 1. The lowest BCUT2D eigenvalue weighted by Gasteiger charge is -2.00. The summed E-state index contributed by atoms with van der Waals surface area (Å²) in [5, 5.41) is 11.6. The van der Waals surface area contributed by atoms with Gasteiger partial charge in [-0.1, -0.05) is 0 Å². The Morgan fingerprint density at radius 1 is 1.50 bits per heavy atom. The lowest BCUT2D eigenvalue weighted by molar-refractivity contribution is 0.615. The Kier molecular flexibility index (Phi) is 1.47. The Bertz CT molecular complexity index is 366. The Balaban J connectivity index is 2.60. The summed E-state index contributed by atoms with van der Waals surface area (Å²) in [6, 6.07) is 4.89. The first-order valence-corrected chi connectivity index (χ1v) is 3.77. The predicted molar refractivity (Wildman–Crippen MR) is 43.3 cm³/mol.